The Hall–Kier alpha value is -1.54. The van der Waals surface area contributed by atoms with E-state index in [9.17, 15) is 8.42 Å². The van der Waals surface area contributed by atoms with Gasteiger partial charge in [-0.1, -0.05) is 44.5 Å². The molecule has 2 aromatic rings. The smallest absolute Gasteiger partial charge is 0.296 e. The zero-order chi connectivity index (χ0) is 22.9. The minimum absolute atomic E-state index is 0.0733. The fourth-order valence-electron chi connectivity index (χ4n) is 3.59. The van der Waals surface area contributed by atoms with Crippen molar-refractivity contribution < 1.29 is 17.0 Å². The first kappa shape index (κ1) is 24.1. The predicted octanol–water partition coefficient (Wildman–Crippen LogP) is 5.81. The first-order valence-electron chi connectivity index (χ1n) is 11.0. The van der Waals surface area contributed by atoms with Gasteiger partial charge in [-0.2, -0.15) is 8.42 Å². The molecular formula is C24H35NO4SSi. The summed E-state index contributed by atoms with van der Waals surface area (Å²) in [7, 11) is -5.81. The second kappa shape index (κ2) is 9.14. The highest BCUT2D eigenvalue weighted by atomic mass is 32.2. The summed E-state index contributed by atoms with van der Waals surface area (Å²) in [4.78, 5) is 4.86. The Morgan fingerprint density at radius 2 is 1.81 bits per heavy atom. The molecule has 31 heavy (non-hydrogen) atoms. The molecular weight excluding hydrogens is 426 g/mol. The maximum atomic E-state index is 12.7. The van der Waals surface area contributed by atoms with E-state index in [2.05, 4.69) is 44.9 Å². The first-order valence-corrected chi connectivity index (χ1v) is 15.3. The van der Waals surface area contributed by atoms with Crippen LogP contribution in [-0.4, -0.2) is 28.3 Å². The Morgan fingerprint density at radius 3 is 2.45 bits per heavy atom. The Bertz CT molecular complexity index is 997. The molecule has 0 fully saturated rings. The summed E-state index contributed by atoms with van der Waals surface area (Å²) in [6, 6.07) is 10.8. The molecule has 2 atom stereocenters. The number of rotatable bonds is 6. The van der Waals surface area contributed by atoms with Crippen LogP contribution >= 0.6 is 0 Å². The van der Waals surface area contributed by atoms with Crippen LogP contribution < -0.4 is 0 Å². The molecule has 0 spiro atoms. The maximum absolute atomic E-state index is 12.7. The van der Waals surface area contributed by atoms with Crippen LogP contribution in [-0.2, 0) is 25.1 Å². The van der Waals surface area contributed by atoms with Crippen molar-refractivity contribution in [1.82, 2.24) is 4.98 Å². The zero-order valence-electron chi connectivity index (χ0n) is 19.5. The highest BCUT2D eigenvalue weighted by Crippen LogP contribution is 2.43. The van der Waals surface area contributed by atoms with Crippen LogP contribution in [0.1, 0.15) is 56.5 Å². The topological polar surface area (TPSA) is 65.5 Å². The number of aromatic nitrogens is 1. The van der Waals surface area contributed by atoms with E-state index in [4.69, 9.17) is 8.61 Å². The summed E-state index contributed by atoms with van der Waals surface area (Å²) in [6.07, 6.45) is 4.08. The highest BCUT2D eigenvalue weighted by Gasteiger charge is 2.41. The van der Waals surface area contributed by atoms with Crippen molar-refractivity contribution in [2.75, 3.05) is 6.61 Å². The Kier molecular flexibility index (Phi) is 7.10. The van der Waals surface area contributed by atoms with E-state index in [0.29, 0.717) is 6.42 Å². The molecule has 0 N–H and O–H groups in total. The van der Waals surface area contributed by atoms with Gasteiger partial charge in [0.25, 0.3) is 10.1 Å². The quantitative estimate of drug-likeness (QED) is 0.308. The van der Waals surface area contributed by atoms with E-state index in [-0.39, 0.29) is 28.6 Å². The maximum Gasteiger partial charge on any atom is 0.296 e. The number of benzene rings is 1. The molecule has 170 valence electrons. The summed E-state index contributed by atoms with van der Waals surface area (Å²) in [5.74, 6) is 0.0733. The summed E-state index contributed by atoms with van der Waals surface area (Å²) in [5, 5.41) is 0.0784. The molecule has 1 heterocycles. The molecule has 0 bridgehead atoms. The minimum Gasteiger partial charge on any atom is -0.408 e. The molecule has 0 aliphatic heterocycles. The SMILES string of the molecule is Cc1ccc(S(=O)(=O)OC[C@H]2CCc3cccnc3[C@H](O[Si](C)(C)C(C)(C)C)C2)cc1. The third kappa shape index (κ3) is 5.83. The van der Waals surface area contributed by atoms with Gasteiger partial charge in [-0.3, -0.25) is 9.17 Å². The molecule has 1 aromatic carbocycles. The highest BCUT2D eigenvalue weighted by molar-refractivity contribution is 7.86. The van der Waals surface area contributed by atoms with Crippen molar-refractivity contribution in [3.63, 3.8) is 0 Å². The van der Waals surface area contributed by atoms with Crippen LogP contribution in [0.3, 0.4) is 0 Å². The number of nitrogens with zero attached hydrogens (tertiary/aromatic N) is 1. The normalized spacial score (nSPS) is 20.2. The molecule has 1 aromatic heterocycles. The van der Waals surface area contributed by atoms with E-state index in [1.54, 1.807) is 24.3 Å². The number of hydrogen-bond acceptors (Lipinski definition) is 5. The lowest BCUT2D eigenvalue weighted by Gasteiger charge is -2.39. The van der Waals surface area contributed by atoms with E-state index in [0.717, 1.165) is 24.1 Å². The summed E-state index contributed by atoms with van der Waals surface area (Å²) in [6.45, 7) is 13.2. The van der Waals surface area contributed by atoms with Crippen LogP contribution in [0, 0.1) is 12.8 Å². The number of hydrogen-bond donors (Lipinski definition) is 0. The number of pyridine rings is 1. The van der Waals surface area contributed by atoms with Crippen molar-refractivity contribution in [3.8, 4) is 0 Å². The monoisotopic (exact) mass is 461 g/mol. The molecule has 3 rings (SSSR count). The summed E-state index contributed by atoms with van der Waals surface area (Å²) < 4.78 is 37.6. The molecule has 0 unspecified atom stereocenters. The van der Waals surface area contributed by atoms with Crippen LogP contribution in [0.5, 0.6) is 0 Å². The molecule has 0 saturated heterocycles. The van der Waals surface area contributed by atoms with Crippen LogP contribution in [0.4, 0.5) is 0 Å². The second-order valence-corrected chi connectivity index (χ2v) is 16.5. The van der Waals surface area contributed by atoms with Gasteiger partial charge >= 0.3 is 0 Å². The Morgan fingerprint density at radius 1 is 1.13 bits per heavy atom. The standard InChI is InChI=1S/C24H35NO4SSi/c1-18-9-13-21(14-10-18)30(26,27)28-17-19-11-12-20-8-7-15-25-23(20)22(16-19)29-31(5,6)24(2,3)4/h7-10,13-15,19,22H,11-12,16-17H2,1-6H3/t19-,22+/m0/s1. The van der Waals surface area contributed by atoms with Gasteiger partial charge in [0.05, 0.1) is 23.3 Å². The van der Waals surface area contributed by atoms with Gasteiger partial charge in [0.15, 0.2) is 8.32 Å². The van der Waals surface area contributed by atoms with Crippen molar-refractivity contribution in [2.24, 2.45) is 5.92 Å². The number of aryl methyl sites for hydroxylation is 2. The minimum atomic E-state index is -3.78. The predicted molar refractivity (Wildman–Crippen MR) is 126 cm³/mol. The summed E-state index contributed by atoms with van der Waals surface area (Å²) in [5.41, 5.74) is 3.20. The third-order valence-electron chi connectivity index (χ3n) is 6.61. The fourth-order valence-corrected chi connectivity index (χ4v) is 5.84. The lowest BCUT2D eigenvalue weighted by atomic mass is 10.00. The zero-order valence-corrected chi connectivity index (χ0v) is 21.3. The molecule has 0 saturated carbocycles. The van der Waals surface area contributed by atoms with Crippen LogP contribution in [0.2, 0.25) is 18.1 Å². The average Bonchev–Trinajstić information content (AvgIpc) is 2.85. The van der Waals surface area contributed by atoms with E-state index < -0.39 is 18.4 Å². The van der Waals surface area contributed by atoms with Crippen LogP contribution in [0.15, 0.2) is 47.5 Å². The van der Waals surface area contributed by atoms with Crippen molar-refractivity contribution in [2.45, 2.75) is 76.1 Å². The molecule has 7 heteroatoms. The first-order chi connectivity index (χ1) is 14.4. The van der Waals surface area contributed by atoms with Gasteiger partial charge in [-0.05, 0) is 74.0 Å². The van der Waals surface area contributed by atoms with Gasteiger partial charge in [-0.15, -0.1) is 0 Å². The molecule has 1 aliphatic rings. The van der Waals surface area contributed by atoms with Gasteiger partial charge in [-0.25, -0.2) is 0 Å². The Labute approximate surface area is 188 Å². The third-order valence-corrected chi connectivity index (χ3v) is 12.4. The van der Waals surface area contributed by atoms with Crippen molar-refractivity contribution in [3.05, 3.63) is 59.4 Å². The lowest BCUT2D eigenvalue weighted by Crippen LogP contribution is -2.42. The molecule has 0 radical (unpaired) electrons. The molecule has 1 aliphatic carbocycles. The van der Waals surface area contributed by atoms with E-state index >= 15 is 0 Å². The van der Waals surface area contributed by atoms with E-state index in [1.165, 1.54) is 5.56 Å². The second-order valence-electron chi connectivity index (χ2n) is 10.1. The van der Waals surface area contributed by atoms with Crippen molar-refractivity contribution >= 4 is 18.4 Å². The fraction of sp³-hybridized carbons (Fsp3) is 0.542. The average molecular weight is 462 g/mol. The van der Waals surface area contributed by atoms with Crippen molar-refractivity contribution in [1.29, 1.82) is 0 Å². The molecule has 0 amide bonds. The van der Waals surface area contributed by atoms with Crippen LogP contribution in [0.25, 0.3) is 0 Å². The van der Waals surface area contributed by atoms with E-state index in [1.807, 2.05) is 19.2 Å². The Balaban J connectivity index is 1.78. The molecule has 5 nitrogen and oxygen atoms in total. The van der Waals surface area contributed by atoms with Gasteiger partial charge in [0, 0.05) is 6.20 Å². The lowest BCUT2D eigenvalue weighted by molar-refractivity contribution is 0.129. The van der Waals surface area contributed by atoms with Gasteiger partial charge < -0.3 is 4.43 Å². The summed E-state index contributed by atoms with van der Waals surface area (Å²) >= 11 is 0. The van der Waals surface area contributed by atoms with Gasteiger partial charge in [0.2, 0.25) is 0 Å². The van der Waals surface area contributed by atoms with Gasteiger partial charge in [0.1, 0.15) is 0 Å². The number of fused-ring (bicyclic) bond motifs is 1. The largest absolute Gasteiger partial charge is 0.408 e.